The fraction of sp³-hybridized carbons (Fsp3) is 0.800. The van der Waals surface area contributed by atoms with E-state index in [1.165, 1.54) is 0 Å². The van der Waals surface area contributed by atoms with E-state index in [0.717, 1.165) is 0 Å². The number of hydrogen-bond donors (Lipinski definition) is 1. The molecule has 80 valence electrons. The van der Waals surface area contributed by atoms with Crippen LogP contribution in [0, 0.1) is 5.41 Å². The van der Waals surface area contributed by atoms with Crippen molar-refractivity contribution in [1.82, 2.24) is 4.90 Å². The number of aliphatic carboxylic acids is 1. The topological polar surface area (TPSA) is 57.6 Å². The summed E-state index contributed by atoms with van der Waals surface area (Å²) in [4.78, 5) is 24.8. The molecule has 14 heavy (non-hydrogen) atoms. The predicted molar refractivity (Wildman–Crippen MR) is 52.1 cm³/mol. The molecule has 0 aromatic heterocycles. The summed E-state index contributed by atoms with van der Waals surface area (Å²) in [6.45, 7) is 3.11. The monoisotopic (exact) mass is 199 g/mol. The van der Waals surface area contributed by atoms with Crippen molar-refractivity contribution in [2.24, 2.45) is 5.41 Å². The van der Waals surface area contributed by atoms with Gasteiger partial charge in [-0.3, -0.25) is 9.59 Å². The number of rotatable bonds is 3. The summed E-state index contributed by atoms with van der Waals surface area (Å²) in [7, 11) is 1.95. The average Bonchev–Trinajstić information content (AvgIpc) is 2.18. The molecule has 0 unspecified atom stereocenters. The van der Waals surface area contributed by atoms with Crippen LogP contribution in [0.25, 0.3) is 0 Å². The highest BCUT2D eigenvalue weighted by Crippen LogP contribution is 2.33. The summed E-state index contributed by atoms with van der Waals surface area (Å²) < 4.78 is 0. The van der Waals surface area contributed by atoms with Crippen LogP contribution in [0.4, 0.5) is 0 Å². The summed E-state index contributed by atoms with van der Waals surface area (Å²) in [5.74, 6) is -1.07. The summed E-state index contributed by atoms with van der Waals surface area (Å²) in [5, 5.41) is 9.14. The van der Waals surface area contributed by atoms with Crippen LogP contribution in [-0.2, 0) is 9.59 Å². The quantitative estimate of drug-likeness (QED) is 0.682. The Labute approximate surface area is 83.9 Å². The minimum absolute atomic E-state index is 0.127. The molecule has 1 rings (SSSR count). The van der Waals surface area contributed by atoms with Crippen LogP contribution in [0.1, 0.15) is 26.2 Å². The van der Waals surface area contributed by atoms with Crippen molar-refractivity contribution in [2.75, 3.05) is 20.1 Å². The van der Waals surface area contributed by atoms with E-state index in [2.05, 4.69) is 4.90 Å². The fourth-order valence-corrected chi connectivity index (χ4v) is 1.95. The van der Waals surface area contributed by atoms with E-state index < -0.39 is 11.4 Å². The Morgan fingerprint density at radius 2 is 1.86 bits per heavy atom. The van der Waals surface area contributed by atoms with E-state index in [1.807, 2.05) is 7.05 Å². The number of likely N-dealkylation sites (tertiary alicyclic amines) is 1. The van der Waals surface area contributed by atoms with Crippen molar-refractivity contribution in [3.63, 3.8) is 0 Å². The Kier molecular flexibility index (Phi) is 3.26. The summed E-state index contributed by atoms with van der Waals surface area (Å²) >= 11 is 0. The van der Waals surface area contributed by atoms with Gasteiger partial charge in [0, 0.05) is 6.42 Å². The maximum Gasteiger partial charge on any atom is 0.317 e. The van der Waals surface area contributed by atoms with E-state index in [9.17, 15) is 9.59 Å². The summed E-state index contributed by atoms with van der Waals surface area (Å²) in [6.07, 6.45) is 1.22. The Balaban J connectivity index is 2.84. The highest BCUT2D eigenvalue weighted by molar-refractivity contribution is 6.03. The second-order valence-electron chi connectivity index (χ2n) is 3.97. The van der Waals surface area contributed by atoms with Gasteiger partial charge in [0.15, 0.2) is 0 Å². The van der Waals surface area contributed by atoms with Crippen molar-refractivity contribution >= 4 is 11.8 Å². The molecule has 1 saturated heterocycles. The van der Waals surface area contributed by atoms with Gasteiger partial charge in [-0.05, 0) is 33.0 Å². The van der Waals surface area contributed by atoms with Gasteiger partial charge in [0.1, 0.15) is 11.2 Å². The van der Waals surface area contributed by atoms with Crippen molar-refractivity contribution in [2.45, 2.75) is 26.2 Å². The lowest BCUT2D eigenvalue weighted by atomic mass is 9.74. The van der Waals surface area contributed by atoms with Gasteiger partial charge >= 0.3 is 5.97 Å². The zero-order valence-corrected chi connectivity index (χ0v) is 8.75. The fourth-order valence-electron chi connectivity index (χ4n) is 1.95. The number of Topliss-reactive ketones (excluding diaryl/α,β-unsaturated/α-hetero) is 1. The number of hydrogen-bond acceptors (Lipinski definition) is 3. The molecule has 0 bridgehead atoms. The lowest BCUT2D eigenvalue weighted by Crippen LogP contribution is -2.47. The van der Waals surface area contributed by atoms with Crippen LogP contribution in [0.15, 0.2) is 0 Å². The number of carboxylic acid groups (broad SMARTS) is 1. The van der Waals surface area contributed by atoms with Crippen molar-refractivity contribution in [1.29, 1.82) is 0 Å². The minimum atomic E-state index is -1.10. The summed E-state index contributed by atoms with van der Waals surface area (Å²) in [5.41, 5.74) is -1.10. The second kappa shape index (κ2) is 4.09. The number of piperidine rings is 1. The van der Waals surface area contributed by atoms with E-state index in [-0.39, 0.29) is 5.78 Å². The molecular formula is C10H17NO3. The Bertz CT molecular complexity index is 242. The maximum atomic E-state index is 11.6. The van der Waals surface area contributed by atoms with Crippen LogP contribution in [0.2, 0.25) is 0 Å². The van der Waals surface area contributed by atoms with Gasteiger partial charge in [0.05, 0.1) is 0 Å². The molecule has 1 fully saturated rings. The van der Waals surface area contributed by atoms with Crippen molar-refractivity contribution < 1.29 is 14.7 Å². The van der Waals surface area contributed by atoms with E-state index >= 15 is 0 Å². The number of nitrogens with zero attached hydrogens (tertiary/aromatic N) is 1. The number of carbonyl (C=O) groups is 2. The molecule has 0 aromatic rings. The Hall–Kier alpha value is -0.900. The maximum absolute atomic E-state index is 11.6. The molecule has 1 aliphatic rings. The lowest BCUT2D eigenvalue weighted by Gasteiger charge is -2.35. The third kappa shape index (κ3) is 1.80. The molecule has 0 saturated carbocycles. The normalized spacial score (nSPS) is 21.9. The number of ketones is 1. The first-order valence-electron chi connectivity index (χ1n) is 4.98. The van der Waals surface area contributed by atoms with Crippen molar-refractivity contribution in [3.05, 3.63) is 0 Å². The summed E-state index contributed by atoms with van der Waals surface area (Å²) in [6, 6.07) is 0. The first-order chi connectivity index (χ1) is 6.53. The molecule has 4 nitrogen and oxygen atoms in total. The molecule has 0 aliphatic carbocycles. The van der Waals surface area contributed by atoms with Gasteiger partial charge in [-0.15, -0.1) is 0 Å². The van der Waals surface area contributed by atoms with Crippen LogP contribution < -0.4 is 0 Å². The number of carboxylic acids is 1. The van der Waals surface area contributed by atoms with Crippen LogP contribution >= 0.6 is 0 Å². The zero-order chi connectivity index (χ0) is 10.8. The van der Waals surface area contributed by atoms with E-state index in [0.29, 0.717) is 32.4 Å². The predicted octanol–water partition coefficient (Wildman–Crippen LogP) is 0.762. The smallest absolute Gasteiger partial charge is 0.317 e. The van der Waals surface area contributed by atoms with E-state index in [4.69, 9.17) is 5.11 Å². The highest BCUT2D eigenvalue weighted by atomic mass is 16.4. The molecule has 0 spiro atoms. The molecule has 1 heterocycles. The first kappa shape index (κ1) is 11.2. The van der Waals surface area contributed by atoms with Gasteiger partial charge < -0.3 is 10.0 Å². The SMILES string of the molecule is CCC(=O)C1(C(=O)O)CCN(C)CC1. The van der Waals surface area contributed by atoms with Gasteiger partial charge in [-0.1, -0.05) is 6.92 Å². The van der Waals surface area contributed by atoms with Crippen LogP contribution in [-0.4, -0.2) is 41.9 Å². The molecule has 1 N–H and O–H groups in total. The number of carbonyl (C=O) groups excluding carboxylic acids is 1. The largest absolute Gasteiger partial charge is 0.480 e. The standard InChI is InChI=1S/C10H17NO3/c1-3-8(12)10(9(13)14)4-6-11(2)7-5-10/h3-7H2,1-2H3,(H,13,14). The minimum Gasteiger partial charge on any atom is -0.480 e. The molecular weight excluding hydrogens is 182 g/mol. The molecule has 0 amide bonds. The van der Waals surface area contributed by atoms with Crippen LogP contribution in [0.3, 0.4) is 0 Å². The van der Waals surface area contributed by atoms with Gasteiger partial charge in [0.25, 0.3) is 0 Å². The second-order valence-corrected chi connectivity index (χ2v) is 3.97. The third-order valence-electron chi connectivity index (χ3n) is 3.10. The Morgan fingerprint density at radius 1 is 1.36 bits per heavy atom. The lowest BCUT2D eigenvalue weighted by molar-refractivity contribution is -0.158. The molecule has 0 aromatic carbocycles. The highest BCUT2D eigenvalue weighted by Gasteiger charge is 2.46. The van der Waals surface area contributed by atoms with Gasteiger partial charge in [-0.2, -0.15) is 0 Å². The molecule has 0 atom stereocenters. The van der Waals surface area contributed by atoms with Crippen LogP contribution in [0.5, 0.6) is 0 Å². The third-order valence-corrected chi connectivity index (χ3v) is 3.10. The van der Waals surface area contributed by atoms with Gasteiger partial charge in [-0.25, -0.2) is 0 Å². The first-order valence-corrected chi connectivity index (χ1v) is 4.98. The Morgan fingerprint density at radius 3 is 2.21 bits per heavy atom. The van der Waals surface area contributed by atoms with E-state index in [1.54, 1.807) is 6.92 Å². The molecule has 4 heteroatoms. The average molecular weight is 199 g/mol. The van der Waals surface area contributed by atoms with Crippen molar-refractivity contribution in [3.8, 4) is 0 Å². The molecule has 0 radical (unpaired) electrons. The zero-order valence-electron chi connectivity index (χ0n) is 8.75. The molecule has 1 aliphatic heterocycles. The van der Waals surface area contributed by atoms with Gasteiger partial charge in [0.2, 0.25) is 0 Å².